The van der Waals surface area contributed by atoms with E-state index in [1.807, 2.05) is 32.0 Å². The molecule has 0 aliphatic rings. The number of aliphatic hydroxyl groups excluding tert-OH is 1. The first-order chi connectivity index (χ1) is 9.43. The number of hydrogen-bond acceptors (Lipinski definition) is 2. The van der Waals surface area contributed by atoms with Crippen LogP contribution in [0.15, 0.2) is 42.0 Å². The topological polar surface area (TPSA) is 37.3 Å². The third kappa shape index (κ3) is 4.93. The Bertz CT molecular complexity index is 444. The van der Waals surface area contributed by atoms with Crippen LogP contribution in [0.1, 0.15) is 50.9 Å². The van der Waals surface area contributed by atoms with Crippen molar-refractivity contribution in [1.29, 1.82) is 0 Å². The first-order valence-electron chi connectivity index (χ1n) is 7.34. The van der Waals surface area contributed by atoms with E-state index in [0.29, 0.717) is 5.56 Å². The summed E-state index contributed by atoms with van der Waals surface area (Å²) in [5.41, 5.74) is 1.97. The van der Waals surface area contributed by atoms with Crippen LogP contribution in [0.5, 0.6) is 0 Å². The molecule has 1 aromatic carbocycles. The van der Waals surface area contributed by atoms with Gasteiger partial charge in [0.2, 0.25) is 0 Å². The molecule has 0 aromatic heterocycles. The van der Waals surface area contributed by atoms with E-state index in [2.05, 4.69) is 19.9 Å². The van der Waals surface area contributed by atoms with Gasteiger partial charge < -0.3 is 5.11 Å². The lowest BCUT2D eigenvalue weighted by Crippen LogP contribution is -2.31. The smallest absolute Gasteiger partial charge is 0.168 e. The van der Waals surface area contributed by atoms with Crippen LogP contribution >= 0.6 is 0 Å². The number of aliphatic hydroxyl groups is 1. The van der Waals surface area contributed by atoms with E-state index in [1.54, 1.807) is 12.1 Å². The summed E-state index contributed by atoms with van der Waals surface area (Å²) in [6.07, 6.45) is 3.44. The van der Waals surface area contributed by atoms with E-state index >= 15 is 0 Å². The molecule has 0 aliphatic heterocycles. The molecule has 2 nitrogen and oxygen atoms in total. The van der Waals surface area contributed by atoms with Crippen molar-refractivity contribution >= 4 is 5.78 Å². The Morgan fingerprint density at radius 1 is 1.20 bits per heavy atom. The van der Waals surface area contributed by atoms with Crippen molar-refractivity contribution in [3.05, 3.63) is 47.5 Å². The van der Waals surface area contributed by atoms with E-state index in [4.69, 9.17) is 0 Å². The maximum absolute atomic E-state index is 12.3. The maximum Gasteiger partial charge on any atom is 0.168 e. The zero-order valence-corrected chi connectivity index (χ0v) is 13.0. The number of rotatable bonds is 7. The van der Waals surface area contributed by atoms with Crippen LogP contribution in [0.2, 0.25) is 0 Å². The van der Waals surface area contributed by atoms with Crippen molar-refractivity contribution in [2.24, 2.45) is 11.8 Å². The zero-order chi connectivity index (χ0) is 15.1. The number of benzene rings is 1. The molecular formula is C18H26O2. The molecule has 0 amide bonds. The van der Waals surface area contributed by atoms with Gasteiger partial charge in [0.05, 0.1) is 6.10 Å². The molecule has 0 spiro atoms. The van der Waals surface area contributed by atoms with Crippen molar-refractivity contribution in [1.82, 2.24) is 0 Å². The summed E-state index contributed by atoms with van der Waals surface area (Å²) in [4.78, 5) is 12.3. The molecule has 1 N–H and O–H groups in total. The van der Waals surface area contributed by atoms with Crippen molar-refractivity contribution in [2.45, 2.75) is 46.6 Å². The number of carbonyl (C=O) groups is 1. The monoisotopic (exact) mass is 274 g/mol. The van der Waals surface area contributed by atoms with Gasteiger partial charge >= 0.3 is 0 Å². The first kappa shape index (κ1) is 16.6. The van der Waals surface area contributed by atoms with E-state index < -0.39 is 6.10 Å². The number of carbonyl (C=O) groups excluding carboxylic acids is 1. The van der Waals surface area contributed by atoms with E-state index in [0.717, 1.165) is 12.8 Å². The van der Waals surface area contributed by atoms with Gasteiger partial charge in [-0.1, -0.05) is 55.8 Å². The molecule has 1 aromatic rings. The predicted molar refractivity (Wildman–Crippen MR) is 83.8 cm³/mol. The highest BCUT2D eigenvalue weighted by Gasteiger charge is 2.27. The highest BCUT2D eigenvalue weighted by atomic mass is 16.3. The number of ketones is 1. The Labute approximate surface area is 122 Å². The second kappa shape index (κ2) is 8.01. The fraction of sp³-hybridized carbons (Fsp3) is 0.500. The summed E-state index contributed by atoms with van der Waals surface area (Å²) in [7, 11) is 0. The molecule has 0 radical (unpaired) electrons. The minimum atomic E-state index is -0.590. The Morgan fingerprint density at radius 2 is 1.80 bits per heavy atom. The molecular weight excluding hydrogens is 248 g/mol. The molecule has 0 fully saturated rings. The highest BCUT2D eigenvalue weighted by molar-refractivity contribution is 5.97. The minimum Gasteiger partial charge on any atom is -0.392 e. The molecule has 0 heterocycles. The van der Waals surface area contributed by atoms with E-state index in [9.17, 15) is 9.90 Å². The van der Waals surface area contributed by atoms with Gasteiger partial charge in [0.1, 0.15) is 0 Å². The Morgan fingerprint density at radius 3 is 2.35 bits per heavy atom. The molecule has 3 atom stereocenters. The summed E-state index contributed by atoms with van der Waals surface area (Å²) in [5.74, 6) is -0.223. The van der Waals surface area contributed by atoms with Gasteiger partial charge in [-0.25, -0.2) is 0 Å². The summed E-state index contributed by atoms with van der Waals surface area (Å²) in [5, 5.41) is 10.3. The number of Topliss-reactive ketones (excluding diaryl/α,β-unsaturated/α-hetero) is 1. The molecule has 20 heavy (non-hydrogen) atoms. The highest BCUT2D eigenvalue weighted by Crippen LogP contribution is 2.21. The standard InChI is InChI=1S/C18H26O2/c1-13(2)9-8-10-14(3)17(19)15(4)18(20)16-11-6-5-7-12-16/h5-7,9,11-12,14-15,17,19H,8,10H2,1-4H3/t14?,15-,17+/m1/s1. The first-order valence-corrected chi connectivity index (χ1v) is 7.34. The SMILES string of the molecule is CC(C)=CCCC(C)[C@H](O)[C@@H](C)C(=O)c1ccccc1. The van der Waals surface area contributed by atoms with Crippen molar-refractivity contribution in [3.8, 4) is 0 Å². The van der Waals surface area contributed by atoms with Crippen molar-refractivity contribution < 1.29 is 9.90 Å². The lowest BCUT2D eigenvalue weighted by molar-refractivity contribution is 0.0496. The molecule has 0 saturated carbocycles. The third-order valence-electron chi connectivity index (χ3n) is 3.74. The predicted octanol–water partition coefficient (Wildman–Crippen LogP) is 4.25. The minimum absolute atomic E-state index is 0.0205. The molecule has 110 valence electrons. The van der Waals surface area contributed by atoms with Crippen LogP contribution < -0.4 is 0 Å². The van der Waals surface area contributed by atoms with Gasteiger partial charge in [-0.05, 0) is 32.6 Å². The van der Waals surface area contributed by atoms with Crippen LogP contribution in [0.4, 0.5) is 0 Å². The largest absolute Gasteiger partial charge is 0.392 e. The van der Waals surface area contributed by atoms with Gasteiger partial charge in [-0.3, -0.25) is 4.79 Å². The van der Waals surface area contributed by atoms with Gasteiger partial charge in [0.25, 0.3) is 0 Å². The fourth-order valence-corrected chi connectivity index (χ4v) is 2.32. The van der Waals surface area contributed by atoms with Crippen molar-refractivity contribution in [2.75, 3.05) is 0 Å². The van der Waals surface area contributed by atoms with Gasteiger partial charge in [-0.2, -0.15) is 0 Å². The number of hydrogen-bond donors (Lipinski definition) is 1. The second-order valence-corrected chi connectivity index (χ2v) is 5.85. The fourth-order valence-electron chi connectivity index (χ4n) is 2.32. The molecule has 2 heteroatoms. The molecule has 1 rings (SSSR count). The summed E-state index contributed by atoms with van der Waals surface area (Å²) in [6.45, 7) is 7.97. The van der Waals surface area contributed by atoms with E-state index in [1.165, 1.54) is 5.57 Å². The lowest BCUT2D eigenvalue weighted by Gasteiger charge is -2.23. The molecule has 0 bridgehead atoms. The average molecular weight is 274 g/mol. The Kier molecular flexibility index (Phi) is 6.66. The van der Waals surface area contributed by atoms with Gasteiger partial charge in [0.15, 0.2) is 5.78 Å². The Hall–Kier alpha value is -1.41. The maximum atomic E-state index is 12.3. The zero-order valence-electron chi connectivity index (χ0n) is 13.0. The quantitative estimate of drug-likeness (QED) is 0.596. The number of allylic oxidation sites excluding steroid dienone is 2. The lowest BCUT2D eigenvalue weighted by atomic mass is 9.85. The average Bonchev–Trinajstić information content (AvgIpc) is 2.45. The van der Waals surface area contributed by atoms with Crippen LogP contribution in [-0.2, 0) is 0 Å². The van der Waals surface area contributed by atoms with Gasteiger partial charge in [-0.15, -0.1) is 0 Å². The second-order valence-electron chi connectivity index (χ2n) is 5.85. The van der Waals surface area contributed by atoms with Crippen LogP contribution in [0.25, 0.3) is 0 Å². The normalized spacial score (nSPS) is 15.2. The molecule has 1 unspecified atom stereocenters. The van der Waals surface area contributed by atoms with Crippen LogP contribution in [0.3, 0.4) is 0 Å². The third-order valence-corrected chi connectivity index (χ3v) is 3.74. The summed E-state index contributed by atoms with van der Waals surface area (Å²) in [6, 6.07) is 9.20. The van der Waals surface area contributed by atoms with E-state index in [-0.39, 0.29) is 17.6 Å². The molecule has 0 aliphatic carbocycles. The van der Waals surface area contributed by atoms with Crippen molar-refractivity contribution in [3.63, 3.8) is 0 Å². The molecule has 0 saturated heterocycles. The Balaban J connectivity index is 2.59. The van der Waals surface area contributed by atoms with Gasteiger partial charge in [0, 0.05) is 11.5 Å². The van der Waals surface area contributed by atoms with Crippen LogP contribution in [-0.4, -0.2) is 17.0 Å². The van der Waals surface area contributed by atoms with Crippen LogP contribution in [0, 0.1) is 11.8 Å². The summed E-state index contributed by atoms with van der Waals surface area (Å²) >= 11 is 0. The summed E-state index contributed by atoms with van der Waals surface area (Å²) < 4.78 is 0.